The molecule has 0 fully saturated rings. The molecule has 26 heavy (non-hydrogen) atoms. The first-order valence-electron chi connectivity index (χ1n) is 6.83. The molecule has 0 unspecified atom stereocenters. The Balaban J connectivity index is 2.44. The second-order valence-corrected chi connectivity index (χ2v) is 5.15. The van der Waals surface area contributed by atoms with Crippen molar-refractivity contribution in [2.75, 3.05) is 14.2 Å². The minimum atomic E-state index is -4.89. The molecule has 140 valence electrons. The van der Waals surface area contributed by atoms with E-state index in [4.69, 9.17) is 21.1 Å². The lowest BCUT2D eigenvalue weighted by atomic mass is 10.2. The summed E-state index contributed by atoms with van der Waals surface area (Å²) in [6.45, 7) is 0. The van der Waals surface area contributed by atoms with E-state index < -0.39 is 29.5 Å². The fourth-order valence-corrected chi connectivity index (χ4v) is 2.17. The molecule has 2 aromatic carbocycles. The molecule has 0 saturated heterocycles. The van der Waals surface area contributed by atoms with Crippen LogP contribution in [-0.2, 0) is 4.74 Å². The minimum absolute atomic E-state index is 0.0684. The van der Waals surface area contributed by atoms with Crippen LogP contribution in [-0.4, -0.2) is 26.6 Å². The lowest BCUT2D eigenvalue weighted by Crippen LogP contribution is -2.17. The van der Waals surface area contributed by atoms with Gasteiger partial charge in [0.1, 0.15) is 22.9 Å². The molecule has 0 aliphatic heterocycles. The summed E-state index contributed by atoms with van der Waals surface area (Å²) >= 11 is 5.76. The molecule has 0 heterocycles. The number of hydrogen-bond acceptors (Lipinski definition) is 5. The van der Waals surface area contributed by atoms with E-state index in [0.717, 1.165) is 37.4 Å². The summed E-state index contributed by atoms with van der Waals surface area (Å²) in [5, 5.41) is -0.0684. The number of alkyl halides is 3. The van der Waals surface area contributed by atoms with E-state index in [1.807, 2.05) is 0 Å². The normalized spacial score (nSPS) is 11.0. The van der Waals surface area contributed by atoms with Crippen molar-refractivity contribution in [2.24, 2.45) is 0 Å². The third-order valence-corrected chi connectivity index (χ3v) is 3.22. The van der Waals surface area contributed by atoms with Crippen LogP contribution in [0.2, 0.25) is 5.02 Å². The first-order valence-corrected chi connectivity index (χ1v) is 7.21. The van der Waals surface area contributed by atoms with Crippen LogP contribution in [0.1, 0.15) is 10.4 Å². The van der Waals surface area contributed by atoms with E-state index >= 15 is 0 Å². The van der Waals surface area contributed by atoms with Crippen LogP contribution in [0.4, 0.5) is 17.6 Å². The largest absolute Gasteiger partial charge is 0.573 e. The van der Waals surface area contributed by atoms with E-state index in [2.05, 4.69) is 9.47 Å². The monoisotopic (exact) mass is 394 g/mol. The highest BCUT2D eigenvalue weighted by molar-refractivity contribution is 6.30. The predicted octanol–water partition coefficient (Wildman–Crippen LogP) is 4.97. The minimum Gasteiger partial charge on any atom is -0.493 e. The van der Waals surface area contributed by atoms with Crippen LogP contribution < -0.4 is 14.2 Å². The molecule has 2 aromatic rings. The van der Waals surface area contributed by atoms with E-state index in [1.54, 1.807) is 0 Å². The molecule has 0 N–H and O–H groups in total. The second-order valence-electron chi connectivity index (χ2n) is 4.71. The number of methoxy groups -OCH3 is 2. The van der Waals surface area contributed by atoms with Crippen molar-refractivity contribution in [3.63, 3.8) is 0 Å². The van der Waals surface area contributed by atoms with Crippen LogP contribution in [0.25, 0.3) is 0 Å². The van der Waals surface area contributed by atoms with E-state index in [1.165, 1.54) is 7.11 Å². The fraction of sp³-hybridized carbons (Fsp3) is 0.188. The summed E-state index contributed by atoms with van der Waals surface area (Å²) in [6, 6.07) is 5.01. The molecule has 0 atom stereocenters. The first kappa shape index (κ1) is 19.6. The molecule has 0 aliphatic rings. The summed E-state index contributed by atoms with van der Waals surface area (Å²) < 4.78 is 69.5. The fourth-order valence-electron chi connectivity index (χ4n) is 1.98. The number of rotatable bonds is 5. The van der Waals surface area contributed by atoms with Gasteiger partial charge in [-0.3, -0.25) is 0 Å². The Hall–Kier alpha value is -2.68. The van der Waals surface area contributed by atoms with Crippen LogP contribution >= 0.6 is 11.6 Å². The number of esters is 1. The van der Waals surface area contributed by atoms with Crippen molar-refractivity contribution in [3.8, 4) is 23.0 Å². The van der Waals surface area contributed by atoms with Gasteiger partial charge in [0.05, 0.1) is 14.2 Å². The third kappa shape index (κ3) is 4.69. The van der Waals surface area contributed by atoms with Crippen molar-refractivity contribution >= 4 is 17.6 Å². The number of hydrogen-bond donors (Lipinski definition) is 0. The molecule has 0 bridgehead atoms. The summed E-state index contributed by atoms with van der Waals surface area (Å²) in [5.74, 6) is -3.12. The van der Waals surface area contributed by atoms with Gasteiger partial charge in [-0.15, -0.1) is 13.2 Å². The van der Waals surface area contributed by atoms with Crippen LogP contribution in [0.3, 0.4) is 0 Å². The van der Waals surface area contributed by atoms with Gasteiger partial charge < -0.3 is 18.9 Å². The van der Waals surface area contributed by atoms with E-state index in [0.29, 0.717) is 0 Å². The van der Waals surface area contributed by atoms with Crippen LogP contribution in [0, 0.1) is 5.82 Å². The number of benzene rings is 2. The average Bonchev–Trinajstić information content (AvgIpc) is 2.53. The Labute approximate surface area is 150 Å². The SMILES string of the molecule is COC(=O)c1c(F)cc(Cl)cc1Oc1ccc(OC(F)(F)F)cc1OC. The van der Waals surface area contributed by atoms with Crippen molar-refractivity contribution in [1.29, 1.82) is 0 Å². The van der Waals surface area contributed by atoms with Gasteiger partial charge >= 0.3 is 12.3 Å². The highest BCUT2D eigenvalue weighted by atomic mass is 35.5. The van der Waals surface area contributed by atoms with Crippen LogP contribution in [0.5, 0.6) is 23.0 Å². The van der Waals surface area contributed by atoms with Crippen molar-refractivity contribution in [2.45, 2.75) is 6.36 Å². The molecule has 0 saturated carbocycles. The smallest absolute Gasteiger partial charge is 0.493 e. The van der Waals surface area contributed by atoms with Crippen molar-refractivity contribution in [1.82, 2.24) is 0 Å². The second kappa shape index (κ2) is 7.69. The lowest BCUT2D eigenvalue weighted by Gasteiger charge is -2.15. The maximum Gasteiger partial charge on any atom is 0.573 e. The summed E-state index contributed by atoms with van der Waals surface area (Å²) in [6.07, 6.45) is -4.89. The highest BCUT2D eigenvalue weighted by Crippen LogP contribution is 2.38. The third-order valence-electron chi connectivity index (χ3n) is 3.00. The zero-order valence-corrected chi connectivity index (χ0v) is 14.1. The Morgan fingerprint density at radius 2 is 1.73 bits per heavy atom. The number of halogens is 5. The molecule has 0 radical (unpaired) electrons. The summed E-state index contributed by atoms with van der Waals surface area (Å²) in [4.78, 5) is 11.8. The first-order chi connectivity index (χ1) is 12.1. The topological polar surface area (TPSA) is 54.0 Å². The van der Waals surface area contributed by atoms with Gasteiger partial charge in [-0.1, -0.05) is 11.6 Å². The Morgan fingerprint density at radius 1 is 1.04 bits per heavy atom. The van der Waals surface area contributed by atoms with E-state index in [9.17, 15) is 22.4 Å². The van der Waals surface area contributed by atoms with Gasteiger partial charge in [0.2, 0.25) is 0 Å². The number of ether oxygens (including phenoxy) is 4. The summed E-state index contributed by atoms with van der Waals surface area (Å²) in [5.41, 5.74) is -0.533. The molecular weight excluding hydrogens is 384 g/mol. The van der Waals surface area contributed by atoms with Gasteiger partial charge in [-0.2, -0.15) is 0 Å². The molecule has 2 rings (SSSR count). The maximum absolute atomic E-state index is 14.0. The molecule has 0 amide bonds. The van der Waals surface area contributed by atoms with Crippen molar-refractivity contribution < 1.29 is 41.3 Å². The van der Waals surface area contributed by atoms with Crippen LogP contribution in [0.15, 0.2) is 30.3 Å². The Bertz CT molecular complexity index is 823. The molecular formula is C16H11ClF4O5. The molecule has 0 aromatic heterocycles. The number of carbonyl (C=O) groups is 1. The van der Waals surface area contributed by atoms with Gasteiger partial charge in [-0.25, -0.2) is 9.18 Å². The van der Waals surface area contributed by atoms with Gasteiger partial charge in [0.25, 0.3) is 0 Å². The maximum atomic E-state index is 14.0. The van der Waals surface area contributed by atoms with Gasteiger partial charge in [0, 0.05) is 17.2 Å². The standard InChI is InChI=1S/C16H11ClF4O5/c1-23-12-7-9(26-16(19,20)21)3-4-11(12)25-13-6-8(17)5-10(18)14(13)15(22)24-2/h3-7H,1-2H3. The quantitative estimate of drug-likeness (QED) is 0.529. The molecule has 5 nitrogen and oxygen atoms in total. The van der Waals surface area contributed by atoms with Gasteiger partial charge in [-0.05, 0) is 18.2 Å². The van der Waals surface area contributed by atoms with Crippen molar-refractivity contribution in [3.05, 3.63) is 46.7 Å². The zero-order valence-electron chi connectivity index (χ0n) is 13.3. The lowest BCUT2D eigenvalue weighted by molar-refractivity contribution is -0.274. The Kier molecular flexibility index (Phi) is 5.81. The Morgan fingerprint density at radius 3 is 2.31 bits per heavy atom. The van der Waals surface area contributed by atoms with E-state index in [-0.39, 0.29) is 22.3 Å². The highest BCUT2D eigenvalue weighted by Gasteiger charge is 2.31. The summed E-state index contributed by atoms with van der Waals surface area (Å²) in [7, 11) is 2.23. The molecule has 0 aliphatic carbocycles. The molecule has 0 spiro atoms. The average molecular weight is 395 g/mol. The van der Waals surface area contributed by atoms with Gasteiger partial charge in [0.15, 0.2) is 11.5 Å². The zero-order chi connectivity index (χ0) is 19.5. The molecule has 10 heteroatoms. The number of carbonyl (C=O) groups excluding carboxylic acids is 1. The predicted molar refractivity (Wildman–Crippen MR) is 82.5 cm³/mol.